The maximum absolute atomic E-state index is 10.9. The molecule has 18 heavy (non-hydrogen) atoms. The number of carboxylic acid groups (broad SMARTS) is 1. The van der Waals surface area contributed by atoms with E-state index in [1.165, 1.54) is 0 Å². The van der Waals surface area contributed by atoms with Crippen LogP contribution in [0.2, 0.25) is 5.22 Å². The van der Waals surface area contributed by atoms with Gasteiger partial charge in [-0.25, -0.2) is 0 Å². The Kier molecular flexibility index (Phi) is 3.59. The largest absolute Gasteiger partial charge is 0.480 e. The van der Waals surface area contributed by atoms with Crippen LogP contribution in [0, 0.1) is 0 Å². The molecule has 0 aliphatic rings. The van der Waals surface area contributed by atoms with Crippen LogP contribution in [0.3, 0.4) is 0 Å². The highest BCUT2D eigenvalue weighted by atomic mass is 35.5. The monoisotopic (exact) mass is 267 g/mol. The third-order valence-corrected chi connectivity index (χ3v) is 3.38. The molecule has 0 aliphatic heterocycles. The highest BCUT2D eigenvalue weighted by Gasteiger charge is 2.20. The number of nitrogens with zero attached hydrogens (tertiary/aromatic N) is 1. The van der Waals surface area contributed by atoms with Crippen molar-refractivity contribution in [1.29, 1.82) is 0 Å². The molecule has 0 spiro atoms. The fraction of sp³-hybridized carbons (Fsp3) is 0.308. The SMILES string of the molecule is CC(C(=O)O)N(C)Cc1c(Cl)oc2ccccc12. The molecule has 1 unspecified atom stereocenters. The molecule has 1 atom stereocenters. The van der Waals surface area contributed by atoms with Crippen molar-refractivity contribution in [2.24, 2.45) is 0 Å². The van der Waals surface area contributed by atoms with Crippen LogP contribution in [0.15, 0.2) is 28.7 Å². The number of rotatable bonds is 4. The summed E-state index contributed by atoms with van der Waals surface area (Å²) in [5, 5.41) is 10.2. The Morgan fingerprint density at radius 2 is 2.17 bits per heavy atom. The molecule has 5 heteroatoms. The predicted octanol–water partition coefficient (Wildman–Crippen LogP) is 2.99. The van der Waals surface area contributed by atoms with Gasteiger partial charge in [0.1, 0.15) is 11.6 Å². The molecular weight excluding hydrogens is 254 g/mol. The summed E-state index contributed by atoms with van der Waals surface area (Å²) in [6.45, 7) is 2.07. The second-order valence-corrected chi connectivity index (χ2v) is 4.62. The van der Waals surface area contributed by atoms with Gasteiger partial charge < -0.3 is 9.52 Å². The van der Waals surface area contributed by atoms with E-state index in [0.717, 1.165) is 10.9 Å². The molecular formula is C13H14ClNO3. The molecule has 0 fully saturated rings. The van der Waals surface area contributed by atoms with Gasteiger partial charge in [-0.1, -0.05) is 18.2 Å². The normalized spacial score (nSPS) is 13.1. The minimum absolute atomic E-state index is 0.320. The Labute approximate surface area is 110 Å². The number of benzene rings is 1. The Hall–Kier alpha value is -1.52. The summed E-state index contributed by atoms with van der Waals surface area (Å²) in [5.74, 6) is -0.860. The lowest BCUT2D eigenvalue weighted by atomic mass is 10.1. The molecule has 0 saturated heterocycles. The fourth-order valence-electron chi connectivity index (χ4n) is 1.79. The molecule has 1 aromatic heterocycles. The summed E-state index contributed by atoms with van der Waals surface area (Å²) in [6, 6.07) is 6.95. The molecule has 0 amide bonds. The van der Waals surface area contributed by atoms with E-state index in [4.69, 9.17) is 21.1 Å². The third kappa shape index (κ3) is 2.35. The predicted molar refractivity (Wildman–Crippen MR) is 69.8 cm³/mol. The number of furan rings is 1. The van der Waals surface area contributed by atoms with Gasteiger partial charge in [0.05, 0.1) is 0 Å². The molecule has 2 rings (SSSR count). The van der Waals surface area contributed by atoms with E-state index in [-0.39, 0.29) is 0 Å². The summed E-state index contributed by atoms with van der Waals surface area (Å²) in [7, 11) is 1.75. The summed E-state index contributed by atoms with van der Waals surface area (Å²) in [6.07, 6.45) is 0. The topological polar surface area (TPSA) is 53.7 Å². The van der Waals surface area contributed by atoms with Gasteiger partial charge in [0, 0.05) is 17.5 Å². The average Bonchev–Trinajstić information content (AvgIpc) is 2.65. The van der Waals surface area contributed by atoms with Crippen LogP contribution >= 0.6 is 11.6 Å². The van der Waals surface area contributed by atoms with Crippen molar-refractivity contribution < 1.29 is 14.3 Å². The first-order valence-electron chi connectivity index (χ1n) is 5.59. The number of fused-ring (bicyclic) bond motifs is 1. The molecule has 96 valence electrons. The van der Waals surface area contributed by atoms with Gasteiger partial charge in [0.25, 0.3) is 0 Å². The molecule has 2 aromatic rings. The minimum Gasteiger partial charge on any atom is -0.480 e. The molecule has 0 saturated carbocycles. The average molecular weight is 268 g/mol. The van der Waals surface area contributed by atoms with E-state index in [0.29, 0.717) is 17.3 Å². The van der Waals surface area contributed by atoms with E-state index in [1.54, 1.807) is 18.9 Å². The zero-order valence-corrected chi connectivity index (χ0v) is 10.9. The number of aliphatic carboxylic acids is 1. The summed E-state index contributed by atoms with van der Waals surface area (Å²) >= 11 is 6.06. The number of hydrogen-bond donors (Lipinski definition) is 1. The third-order valence-electron chi connectivity index (χ3n) is 3.08. The lowest BCUT2D eigenvalue weighted by molar-refractivity contribution is -0.142. The van der Waals surface area contributed by atoms with Gasteiger partial charge in [-0.15, -0.1) is 0 Å². The van der Waals surface area contributed by atoms with Crippen LogP contribution in [0.4, 0.5) is 0 Å². The molecule has 0 radical (unpaired) electrons. The van der Waals surface area contributed by atoms with Crippen molar-refractivity contribution >= 4 is 28.5 Å². The van der Waals surface area contributed by atoms with Crippen LogP contribution in [-0.2, 0) is 11.3 Å². The highest BCUT2D eigenvalue weighted by Crippen LogP contribution is 2.30. The van der Waals surface area contributed by atoms with E-state index >= 15 is 0 Å². The number of hydrogen-bond acceptors (Lipinski definition) is 3. The smallest absolute Gasteiger partial charge is 0.320 e. The van der Waals surface area contributed by atoms with Crippen molar-refractivity contribution in [1.82, 2.24) is 4.90 Å². The Balaban J connectivity index is 2.31. The first-order chi connectivity index (χ1) is 8.50. The minimum atomic E-state index is -0.860. The summed E-state index contributed by atoms with van der Waals surface area (Å²) in [5.41, 5.74) is 1.54. The van der Waals surface area contributed by atoms with Gasteiger partial charge in [-0.05, 0) is 31.6 Å². The second-order valence-electron chi connectivity index (χ2n) is 4.28. The molecule has 0 bridgehead atoms. The van der Waals surface area contributed by atoms with E-state index < -0.39 is 12.0 Å². The molecule has 0 aliphatic carbocycles. The zero-order valence-electron chi connectivity index (χ0n) is 10.2. The fourth-order valence-corrected chi connectivity index (χ4v) is 2.04. The lowest BCUT2D eigenvalue weighted by Crippen LogP contribution is -2.35. The number of halogens is 1. The van der Waals surface area contributed by atoms with Crippen molar-refractivity contribution in [3.8, 4) is 0 Å². The maximum Gasteiger partial charge on any atom is 0.320 e. The maximum atomic E-state index is 10.9. The number of carboxylic acids is 1. The van der Waals surface area contributed by atoms with E-state index in [9.17, 15) is 4.79 Å². The second kappa shape index (κ2) is 5.00. The van der Waals surface area contributed by atoms with Crippen LogP contribution in [0.25, 0.3) is 11.0 Å². The summed E-state index contributed by atoms with van der Waals surface area (Å²) < 4.78 is 5.43. The molecule has 1 aromatic carbocycles. The lowest BCUT2D eigenvalue weighted by Gasteiger charge is -2.20. The van der Waals surface area contributed by atoms with Gasteiger partial charge in [0.2, 0.25) is 0 Å². The van der Waals surface area contributed by atoms with Crippen molar-refractivity contribution in [2.45, 2.75) is 19.5 Å². The van der Waals surface area contributed by atoms with Gasteiger partial charge in [-0.2, -0.15) is 0 Å². The first kappa shape index (κ1) is 12.9. The van der Waals surface area contributed by atoms with Crippen molar-refractivity contribution in [2.75, 3.05) is 7.05 Å². The van der Waals surface area contributed by atoms with E-state index in [2.05, 4.69) is 0 Å². The number of likely N-dealkylation sites (N-methyl/N-ethyl adjacent to an activating group) is 1. The Morgan fingerprint density at radius 1 is 1.50 bits per heavy atom. The molecule has 1 heterocycles. The Morgan fingerprint density at radius 3 is 2.83 bits per heavy atom. The van der Waals surface area contributed by atoms with Crippen LogP contribution in [0.1, 0.15) is 12.5 Å². The highest BCUT2D eigenvalue weighted by molar-refractivity contribution is 6.30. The van der Waals surface area contributed by atoms with Gasteiger partial charge >= 0.3 is 5.97 Å². The standard InChI is InChI=1S/C13H14ClNO3/c1-8(13(16)17)15(2)7-10-9-5-3-4-6-11(9)18-12(10)14/h3-6,8H,7H2,1-2H3,(H,16,17). The van der Waals surface area contributed by atoms with Gasteiger partial charge in [-0.3, -0.25) is 9.69 Å². The van der Waals surface area contributed by atoms with E-state index in [1.807, 2.05) is 24.3 Å². The number of carbonyl (C=O) groups is 1. The van der Waals surface area contributed by atoms with Crippen LogP contribution in [-0.4, -0.2) is 29.1 Å². The van der Waals surface area contributed by atoms with Crippen molar-refractivity contribution in [3.05, 3.63) is 35.0 Å². The van der Waals surface area contributed by atoms with Gasteiger partial charge in [0.15, 0.2) is 5.22 Å². The van der Waals surface area contributed by atoms with Crippen LogP contribution in [0.5, 0.6) is 0 Å². The first-order valence-corrected chi connectivity index (χ1v) is 5.97. The van der Waals surface area contributed by atoms with Crippen molar-refractivity contribution in [3.63, 3.8) is 0 Å². The quantitative estimate of drug-likeness (QED) is 0.925. The number of para-hydroxylation sites is 1. The molecule has 1 N–H and O–H groups in total. The molecule has 4 nitrogen and oxygen atoms in total. The zero-order chi connectivity index (χ0) is 13.3. The summed E-state index contributed by atoms with van der Waals surface area (Å²) in [4.78, 5) is 12.6. The Bertz CT molecular complexity index is 579. The van der Waals surface area contributed by atoms with Crippen LogP contribution < -0.4 is 0 Å².